The predicted octanol–water partition coefficient (Wildman–Crippen LogP) is 2.83. The summed E-state index contributed by atoms with van der Waals surface area (Å²) in [5.41, 5.74) is 3.46. The van der Waals surface area contributed by atoms with Crippen molar-refractivity contribution in [2.24, 2.45) is 0 Å². The number of piperidine rings is 1. The molecule has 0 aliphatic carbocycles. The van der Waals surface area contributed by atoms with Crippen molar-refractivity contribution in [2.45, 2.75) is 25.6 Å². The number of amides is 1. The number of ether oxygens (including phenoxy) is 1. The number of hydrogen-bond acceptors (Lipinski definition) is 9. The Morgan fingerprint density at radius 2 is 2.27 bits per heavy atom. The van der Waals surface area contributed by atoms with E-state index in [-0.39, 0.29) is 30.8 Å². The van der Waals surface area contributed by atoms with Crippen LogP contribution in [0.4, 0.5) is 15.2 Å². The Labute approximate surface area is 193 Å². The van der Waals surface area contributed by atoms with E-state index < -0.39 is 24.8 Å². The molecule has 2 aromatic heterocycles. The highest BCUT2D eigenvalue weighted by Crippen LogP contribution is 2.29. The number of benzene rings is 1. The van der Waals surface area contributed by atoms with Crippen LogP contribution in [0.15, 0.2) is 36.0 Å². The number of carbonyl (C=O) groups excluding carboxylic acids is 1. The van der Waals surface area contributed by atoms with E-state index in [1.165, 1.54) is 16.2 Å². The van der Waals surface area contributed by atoms with Crippen molar-refractivity contribution in [1.29, 1.82) is 5.26 Å². The van der Waals surface area contributed by atoms with E-state index in [0.717, 1.165) is 10.7 Å². The van der Waals surface area contributed by atoms with Crippen LogP contribution in [0.2, 0.25) is 0 Å². The molecule has 0 saturated carbocycles. The normalized spacial score (nSPS) is 17.9. The third kappa shape index (κ3) is 5.08. The van der Waals surface area contributed by atoms with Gasteiger partial charge >= 0.3 is 0 Å². The number of alkyl halides is 1. The first-order chi connectivity index (χ1) is 16.0. The van der Waals surface area contributed by atoms with E-state index in [1.807, 2.05) is 6.92 Å². The highest BCUT2D eigenvalue weighted by molar-refractivity contribution is 7.14. The average molecular weight is 469 g/mol. The topological polar surface area (TPSA) is 124 Å². The Morgan fingerprint density at radius 1 is 1.42 bits per heavy atom. The van der Waals surface area contributed by atoms with Gasteiger partial charge in [-0.25, -0.2) is 19.3 Å². The first-order valence-corrected chi connectivity index (χ1v) is 11.1. The summed E-state index contributed by atoms with van der Waals surface area (Å²) in [4.78, 5) is 25.9. The van der Waals surface area contributed by atoms with Gasteiger partial charge in [-0.2, -0.15) is 5.26 Å². The standard InChI is InChI=1S/C22H21FN6O3S/c1-13-22(33-12-26-13)28-19-4-6-25-21(27-19)14-2-3-17(15(8-14)9-24)32-18-5-7-29(10-16(18)23)20(31)11-30/h2-4,6,8,12,16,18,30H,5,7,10-11H2,1H3,(H,25,27,28)/t16-,18+/m1/s1. The number of thiazole rings is 1. The smallest absolute Gasteiger partial charge is 0.248 e. The Hall–Kier alpha value is -3.62. The van der Waals surface area contributed by atoms with Gasteiger partial charge in [-0.15, -0.1) is 11.3 Å². The number of aryl methyl sites for hydroxylation is 1. The first kappa shape index (κ1) is 22.6. The third-order valence-electron chi connectivity index (χ3n) is 5.25. The van der Waals surface area contributed by atoms with Gasteiger partial charge in [0.1, 0.15) is 35.3 Å². The molecule has 0 spiro atoms. The van der Waals surface area contributed by atoms with Crippen LogP contribution in [0, 0.1) is 18.3 Å². The molecule has 1 aliphatic heterocycles. The summed E-state index contributed by atoms with van der Waals surface area (Å²) in [6.07, 6.45) is -0.348. The minimum Gasteiger partial charge on any atom is -0.486 e. The lowest BCUT2D eigenvalue weighted by Crippen LogP contribution is -2.50. The third-order valence-corrected chi connectivity index (χ3v) is 6.09. The molecule has 3 heterocycles. The second kappa shape index (κ2) is 9.89. The fourth-order valence-electron chi connectivity index (χ4n) is 3.47. The van der Waals surface area contributed by atoms with Crippen LogP contribution in [0.3, 0.4) is 0 Å². The number of nitrogens with zero attached hydrogens (tertiary/aromatic N) is 5. The van der Waals surface area contributed by atoms with Gasteiger partial charge in [0, 0.05) is 24.7 Å². The zero-order chi connectivity index (χ0) is 23.4. The second-order valence-electron chi connectivity index (χ2n) is 7.44. The van der Waals surface area contributed by atoms with Crippen molar-refractivity contribution < 1.29 is 19.0 Å². The molecule has 1 amide bonds. The maximum atomic E-state index is 14.6. The number of hydrogen-bond donors (Lipinski definition) is 2. The van der Waals surface area contributed by atoms with Gasteiger partial charge in [0.15, 0.2) is 12.0 Å². The van der Waals surface area contributed by atoms with E-state index in [0.29, 0.717) is 17.2 Å². The summed E-state index contributed by atoms with van der Waals surface area (Å²) >= 11 is 1.47. The largest absolute Gasteiger partial charge is 0.486 e. The Kier molecular flexibility index (Phi) is 6.76. The number of rotatable bonds is 6. The van der Waals surface area contributed by atoms with E-state index in [1.54, 1.807) is 36.0 Å². The molecular formula is C22H21FN6O3S. The monoisotopic (exact) mass is 468 g/mol. The maximum absolute atomic E-state index is 14.6. The highest BCUT2D eigenvalue weighted by Gasteiger charge is 2.33. The number of carbonyl (C=O) groups is 1. The summed E-state index contributed by atoms with van der Waals surface area (Å²) in [7, 11) is 0. The van der Waals surface area contributed by atoms with Gasteiger partial charge in [0.2, 0.25) is 5.91 Å². The molecule has 1 fully saturated rings. The summed E-state index contributed by atoms with van der Waals surface area (Å²) in [5, 5.41) is 22.7. The van der Waals surface area contributed by atoms with Gasteiger partial charge < -0.3 is 20.1 Å². The molecule has 1 aliphatic rings. The number of aromatic nitrogens is 3. The number of nitriles is 1. The molecule has 11 heteroatoms. The number of aliphatic hydroxyl groups is 1. The fraction of sp³-hybridized carbons (Fsp3) is 0.318. The lowest BCUT2D eigenvalue weighted by atomic mass is 10.0. The van der Waals surface area contributed by atoms with E-state index in [4.69, 9.17) is 9.84 Å². The van der Waals surface area contributed by atoms with Crippen LogP contribution in [-0.4, -0.2) is 62.8 Å². The van der Waals surface area contributed by atoms with Crippen LogP contribution >= 0.6 is 11.3 Å². The van der Waals surface area contributed by atoms with E-state index >= 15 is 0 Å². The molecule has 170 valence electrons. The molecule has 3 aromatic rings. The molecule has 4 rings (SSSR count). The van der Waals surface area contributed by atoms with Crippen LogP contribution in [0.1, 0.15) is 17.7 Å². The van der Waals surface area contributed by atoms with Gasteiger partial charge in [-0.3, -0.25) is 4.79 Å². The zero-order valence-corrected chi connectivity index (χ0v) is 18.5. The first-order valence-electron chi connectivity index (χ1n) is 10.2. The molecule has 0 bridgehead atoms. The molecule has 0 radical (unpaired) electrons. The van der Waals surface area contributed by atoms with Crippen molar-refractivity contribution >= 4 is 28.1 Å². The summed E-state index contributed by atoms with van der Waals surface area (Å²) in [5.74, 6) is 0.755. The van der Waals surface area contributed by atoms with Gasteiger partial charge in [0.05, 0.1) is 23.3 Å². The van der Waals surface area contributed by atoms with Gasteiger partial charge in [0.25, 0.3) is 0 Å². The van der Waals surface area contributed by atoms with Crippen LogP contribution in [-0.2, 0) is 4.79 Å². The number of halogens is 1. The van der Waals surface area contributed by atoms with Crippen LogP contribution < -0.4 is 10.1 Å². The minimum absolute atomic E-state index is 0.156. The number of anilines is 2. The Balaban J connectivity index is 1.50. The number of nitrogens with one attached hydrogen (secondary N) is 1. The van der Waals surface area contributed by atoms with Crippen molar-refractivity contribution in [1.82, 2.24) is 19.9 Å². The SMILES string of the molecule is Cc1ncsc1Nc1ccnc(-c2ccc(O[C@H]3CCN(C(=O)CO)C[C@H]3F)c(C#N)c2)n1. The fourth-order valence-corrected chi connectivity index (χ4v) is 4.17. The van der Waals surface area contributed by atoms with E-state index in [2.05, 4.69) is 26.3 Å². The van der Waals surface area contributed by atoms with Crippen LogP contribution in [0.25, 0.3) is 11.4 Å². The Morgan fingerprint density at radius 3 is 2.97 bits per heavy atom. The molecule has 1 saturated heterocycles. The summed E-state index contributed by atoms with van der Waals surface area (Å²) in [6.45, 7) is 1.37. The number of likely N-dealkylation sites (tertiary alicyclic amines) is 1. The lowest BCUT2D eigenvalue weighted by Gasteiger charge is -2.34. The van der Waals surface area contributed by atoms with Crippen molar-refractivity contribution in [2.75, 3.05) is 25.0 Å². The molecule has 0 unspecified atom stereocenters. The molecule has 1 aromatic carbocycles. The number of aliphatic hydroxyl groups excluding tert-OH is 1. The van der Waals surface area contributed by atoms with Crippen LogP contribution in [0.5, 0.6) is 5.75 Å². The molecule has 2 N–H and O–H groups in total. The predicted molar refractivity (Wildman–Crippen MR) is 120 cm³/mol. The molecular weight excluding hydrogens is 447 g/mol. The highest BCUT2D eigenvalue weighted by atomic mass is 32.1. The van der Waals surface area contributed by atoms with E-state index in [9.17, 15) is 14.4 Å². The summed E-state index contributed by atoms with van der Waals surface area (Å²) < 4.78 is 20.4. The minimum atomic E-state index is -1.43. The Bertz CT molecular complexity index is 1200. The lowest BCUT2D eigenvalue weighted by molar-refractivity contribution is -0.138. The van der Waals surface area contributed by atoms with Crippen molar-refractivity contribution in [3.05, 3.63) is 47.2 Å². The molecule has 2 atom stereocenters. The van der Waals surface area contributed by atoms with Gasteiger partial charge in [-0.1, -0.05) is 0 Å². The second-order valence-corrected chi connectivity index (χ2v) is 8.29. The molecule has 9 nitrogen and oxygen atoms in total. The summed E-state index contributed by atoms with van der Waals surface area (Å²) in [6, 6.07) is 8.73. The zero-order valence-electron chi connectivity index (χ0n) is 17.7. The maximum Gasteiger partial charge on any atom is 0.248 e. The van der Waals surface area contributed by atoms with Crippen molar-refractivity contribution in [3.8, 4) is 23.2 Å². The van der Waals surface area contributed by atoms with Crippen molar-refractivity contribution in [3.63, 3.8) is 0 Å². The quantitative estimate of drug-likeness (QED) is 0.566. The van der Waals surface area contributed by atoms with Gasteiger partial charge in [-0.05, 0) is 31.2 Å². The molecule has 33 heavy (non-hydrogen) atoms. The average Bonchev–Trinajstić information content (AvgIpc) is 3.24.